The van der Waals surface area contributed by atoms with Crippen LogP contribution in [0.25, 0.3) is 0 Å². The van der Waals surface area contributed by atoms with Crippen LogP contribution < -0.4 is 4.74 Å². The van der Waals surface area contributed by atoms with Gasteiger partial charge in [-0.2, -0.15) is 0 Å². The van der Waals surface area contributed by atoms with Crippen LogP contribution in [0, 0.1) is 0 Å². The third-order valence-electron chi connectivity index (χ3n) is 1.46. The lowest BCUT2D eigenvalue weighted by Gasteiger charge is -2.03. The van der Waals surface area contributed by atoms with E-state index in [1.165, 1.54) is 19.4 Å². The third kappa shape index (κ3) is 2.59. The molecule has 0 bridgehead atoms. The number of carboxylic acids is 1. The summed E-state index contributed by atoms with van der Waals surface area (Å²) < 4.78 is 4.83. The van der Waals surface area contributed by atoms with Crippen LogP contribution in [0.1, 0.15) is 5.56 Å². The highest BCUT2D eigenvalue weighted by Crippen LogP contribution is 2.19. The third-order valence-corrected chi connectivity index (χ3v) is 1.80. The Balaban J connectivity index is 2.96. The predicted molar refractivity (Wildman–Crippen MR) is 47.1 cm³/mol. The number of carbonyl (C=O) groups is 1. The van der Waals surface area contributed by atoms with Crippen LogP contribution in [0.4, 0.5) is 0 Å². The van der Waals surface area contributed by atoms with Crippen LogP contribution in [0.2, 0.25) is 5.02 Å². The quantitative estimate of drug-likeness (QED) is 0.803. The molecule has 0 aliphatic carbocycles. The van der Waals surface area contributed by atoms with E-state index in [1.54, 1.807) is 0 Å². The molecule has 1 N–H and O–H groups in total. The van der Waals surface area contributed by atoms with Crippen LogP contribution in [0.3, 0.4) is 0 Å². The highest BCUT2D eigenvalue weighted by atomic mass is 35.5. The van der Waals surface area contributed by atoms with Gasteiger partial charge in [0.2, 0.25) is 5.88 Å². The van der Waals surface area contributed by atoms with Crippen molar-refractivity contribution in [2.24, 2.45) is 0 Å². The Labute approximate surface area is 80.1 Å². The average Bonchev–Trinajstić information content (AvgIpc) is 2.08. The molecule has 0 saturated heterocycles. The van der Waals surface area contributed by atoms with Crippen molar-refractivity contribution in [2.45, 2.75) is 6.42 Å². The van der Waals surface area contributed by atoms with Crippen molar-refractivity contribution in [1.82, 2.24) is 4.98 Å². The van der Waals surface area contributed by atoms with Gasteiger partial charge in [-0.3, -0.25) is 4.79 Å². The fourth-order valence-electron chi connectivity index (χ4n) is 0.868. The lowest BCUT2D eigenvalue weighted by atomic mass is 10.2. The van der Waals surface area contributed by atoms with Gasteiger partial charge >= 0.3 is 5.97 Å². The molecule has 4 nitrogen and oxygen atoms in total. The van der Waals surface area contributed by atoms with Gasteiger partial charge in [0.25, 0.3) is 0 Å². The molecule has 0 spiro atoms. The Morgan fingerprint density at radius 1 is 1.77 bits per heavy atom. The molecule has 0 aliphatic rings. The highest BCUT2D eigenvalue weighted by Gasteiger charge is 2.07. The topological polar surface area (TPSA) is 59.4 Å². The average molecular weight is 202 g/mol. The van der Waals surface area contributed by atoms with Crippen LogP contribution in [0.5, 0.6) is 5.88 Å². The molecular weight excluding hydrogens is 194 g/mol. The molecule has 1 rings (SSSR count). The van der Waals surface area contributed by atoms with Gasteiger partial charge in [0, 0.05) is 12.3 Å². The molecule has 0 amide bonds. The molecule has 0 unspecified atom stereocenters. The number of nitrogens with zero attached hydrogens (tertiary/aromatic N) is 1. The van der Waals surface area contributed by atoms with Gasteiger partial charge in [-0.25, -0.2) is 4.98 Å². The van der Waals surface area contributed by atoms with Crippen molar-refractivity contribution in [2.75, 3.05) is 7.11 Å². The van der Waals surface area contributed by atoms with E-state index in [2.05, 4.69) is 4.98 Å². The second-order valence-corrected chi connectivity index (χ2v) is 2.80. The van der Waals surface area contributed by atoms with Crippen molar-refractivity contribution in [1.29, 1.82) is 0 Å². The molecule has 1 heterocycles. The zero-order chi connectivity index (χ0) is 9.84. The molecule has 1 aromatic heterocycles. The van der Waals surface area contributed by atoms with Gasteiger partial charge in [0.1, 0.15) is 0 Å². The molecular formula is C8H8ClNO3. The fourth-order valence-corrected chi connectivity index (χ4v) is 1.04. The first-order valence-corrected chi connectivity index (χ1v) is 3.91. The first-order chi connectivity index (χ1) is 6.13. The molecule has 13 heavy (non-hydrogen) atoms. The first-order valence-electron chi connectivity index (χ1n) is 3.53. The number of aromatic nitrogens is 1. The molecule has 0 fully saturated rings. The number of pyridine rings is 1. The number of rotatable bonds is 3. The molecule has 70 valence electrons. The summed E-state index contributed by atoms with van der Waals surface area (Å²) in [7, 11) is 1.46. The van der Waals surface area contributed by atoms with Crippen molar-refractivity contribution < 1.29 is 14.6 Å². The van der Waals surface area contributed by atoms with Gasteiger partial charge in [0.15, 0.2) is 0 Å². The van der Waals surface area contributed by atoms with E-state index < -0.39 is 5.97 Å². The second-order valence-electron chi connectivity index (χ2n) is 2.39. The maximum Gasteiger partial charge on any atom is 0.307 e. The van der Waals surface area contributed by atoms with E-state index >= 15 is 0 Å². The summed E-state index contributed by atoms with van der Waals surface area (Å²) in [6, 6.07) is 1.51. The van der Waals surface area contributed by atoms with Crippen molar-refractivity contribution >= 4 is 17.6 Å². The van der Waals surface area contributed by atoms with E-state index in [9.17, 15) is 4.79 Å². The number of hydrogen-bond donors (Lipinski definition) is 1. The minimum absolute atomic E-state index is 0.127. The minimum atomic E-state index is -0.935. The fraction of sp³-hybridized carbons (Fsp3) is 0.250. The molecule has 0 saturated carbocycles. The SMILES string of the molecule is COc1cc(CC(=O)O)c(Cl)cn1. The van der Waals surface area contributed by atoms with Crippen LogP contribution in [-0.4, -0.2) is 23.2 Å². The van der Waals surface area contributed by atoms with E-state index in [1.807, 2.05) is 0 Å². The molecule has 0 aliphatic heterocycles. The largest absolute Gasteiger partial charge is 0.481 e. The van der Waals surface area contributed by atoms with E-state index in [0.717, 1.165) is 0 Å². The number of ether oxygens (including phenoxy) is 1. The summed E-state index contributed by atoms with van der Waals surface area (Å²) in [6.07, 6.45) is 1.25. The number of carboxylic acid groups (broad SMARTS) is 1. The normalized spacial score (nSPS) is 9.69. The van der Waals surface area contributed by atoms with E-state index in [-0.39, 0.29) is 6.42 Å². The number of halogens is 1. The minimum Gasteiger partial charge on any atom is -0.481 e. The molecule has 0 atom stereocenters. The summed E-state index contributed by atoms with van der Waals surface area (Å²) in [5, 5.41) is 8.87. The summed E-state index contributed by atoms with van der Waals surface area (Å²) >= 11 is 5.72. The van der Waals surface area contributed by atoms with Crippen molar-refractivity contribution in [3.8, 4) is 5.88 Å². The Morgan fingerprint density at radius 3 is 3.00 bits per heavy atom. The van der Waals surface area contributed by atoms with Gasteiger partial charge < -0.3 is 9.84 Å². The summed E-state index contributed by atoms with van der Waals surface area (Å²) in [4.78, 5) is 14.2. The van der Waals surface area contributed by atoms with E-state index in [4.69, 9.17) is 21.4 Å². The lowest BCUT2D eigenvalue weighted by molar-refractivity contribution is -0.136. The highest BCUT2D eigenvalue weighted by molar-refractivity contribution is 6.31. The molecule has 1 aromatic rings. The zero-order valence-electron chi connectivity index (χ0n) is 6.95. The molecule has 0 aromatic carbocycles. The van der Waals surface area contributed by atoms with Gasteiger partial charge in [-0.05, 0) is 5.56 Å². The molecule has 5 heteroatoms. The van der Waals surface area contributed by atoms with Crippen LogP contribution >= 0.6 is 11.6 Å². The van der Waals surface area contributed by atoms with Crippen LogP contribution in [0.15, 0.2) is 12.3 Å². The smallest absolute Gasteiger partial charge is 0.307 e. The lowest BCUT2D eigenvalue weighted by Crippen LogP contribution is -2.01. The maximum atomic E-state index is 10.4. The predicted octanol–water partition coefficient (Wildman–Crippen LogP) is 1.37. The Hall–Kier alpha value is -1.29. The number of hydrogen-bond acceptors (Lipinski definition) is 3. The zero-order valence-corrected chi connectivity index (χ0v) is 7.71. The Morgan fingerprint density at radius 2 is 2.46 bits per heavy atom. The van der Waals surface area contributed by atoms with E-state index in [0.29, 0.717) is 16.5 Å². The van der Waals surface area contributed by atoms with Gasteiger partial charge in [0.05, 0.1) is 18.6 Å². The maximum absolute atomic E-state index is 10.4. The second kappa shape index (κ2) is 4.09. The summed E-state index contributed by atoms with van der Waals surface area (Å²) in [5.74, 6) is -0.573. The number of aliphatic carboxylic acids is 1. The summed E-state index contributed by atoms with van der Waals surface area (Å²) in [6.45, 7) is 0. The molecule has 0 radical (unpaired) electrons. The Kier molecular flexibility index (Phi) is 3.08. The Bertz CT molecular complexity index is 327. The van der Waals surface area contributed by atoms with Gasteiger partial charge in [-0.1, -0.05) is 11.6 Å². The van der Waals surface area contributed by atoms with Crippen molar-refractivity contribution in [3.63, 3.8) is 0 Å². The summed E-state index contributed by atoms with van der Waals surface area (Å²) in [5.41, 5.74) is 0.501. The number of methoxy groups -OCH3 is 1. The van der Waals surface area contributed by atoms with Gasteiger partial charge in [-0.15, -0.1) is 0 Å². The van der Waals surface area contributed by atoms with Crippen LogP contribution in [-0.2, 0) is 11.2 Å². The first kappa shape index (κ1) is 9.80. The monoisotopic (exact) mass is 201 g/mol. The standard InChI is InChI=1S/C8H8ClNO3/c1-13-7-2-5(3-8(11)12)6(9)4-10-7/h2,4H,3H2,1H3,(H,11,12). The van der Waals surface area contributed by atoms with Crippen molar-refractivity contribution in [3.05, 3.63) is 22.8 Å².